The average Bonchev–Trinajstić information content (AvgIpc) is 2.27. The molecule has 1 aromatic carbocycles. The van der Waals surface area contributed by atoms with E-state index < -0.39 is 9.75 Å². The Morgan fingerprint density at radius 3 is 2.71 bits per heavy atom. The van der Waals surface area contributed by atoms with E-state index in [9.17, 15) is 14.9 Å². The largest absolute Gasteiger partial charge is 0.468 e. The van der Waals surface area contributed by atoms with Crippen molar-refractivity contribution in [1.29, 1.82) is 0 Å². The summed E-state index contributed by atoms with van der Waals surface area (Å²) in [5, 5.41) is 10.6. The minimum absolute atomic E-state index is 0.00191. The van der Waals surface area contributed by atoms with Crippen molar-refractivity contribution in [2.75, 3.05) is 7.11 Å². The molecule has 1 unspecified atom stereocenters. The lowest BCUT2D eigenvalue weighted by Crippen LogP contribution is -2.18. The van der Waals surface area contributed by atoms with Crippen molar-refractivity contribution in [3.63, 3.8) is 0 Å². The number of carbonyl (C=O) groups excluding carboxylic acids is 1. The lowest BCUT2D eigenvalue weighted by Gasteiger charge is -2.07. The van der Waals surface area contributed by atoms with Crippen LogP contribution in [0.4, 0.5) is 5.69 Å². The molecule has 5 nitrogen and oxygen atoms in total. The highest BCUT2D eigenvalue weighted by Crippen LogP contribution is 2.26. The fraction of sp³-hybridized carbons (Fsp3) is 0.300. The molecule has 0 saturated heterocycles. The van der Waals surface area contributed by atoms with Gasteiger partial charge in [0.1, 0.15) is 4.83 Å². The average molecular weight is 367 g/mol. The van der Waals surface area contributed by atoms with E-state index >= 15 is 0 Å². The van der Waals surface area contributed by atoms with Gasteiger partial charge in [-0.2, -0.15) is 0 Å². The van der Waals surface area contributed by atoms with Crippen LogP contribution in [0.5, 0.6) is 0 Å². The molecule has 0 aliphatic carbocycles. The van der Waals surface area contributed by atoms with E-state index in [2.05, 4.69) is 36.6 Å². The zero-order chi connectivity index (χ0) is 13.0. The number of halogens is 2. The zero-order valence-electron chi connectivity index (χ0n) is 8.85. The Balaban J connectivity index is 2.84. The predicted molar refractivity (Wildman–Crippen MR) is 69.2 cm³/mol. The van der Waals surface area contributed by atoms with Gasteiger partial charge < -0.3 is 4.74 Å². The molecule has 0 fully saturated rings. The number of benzene rings is 1. The van der Waals surface area contributed by atoms with Gasteiger partial charge in [-0.3, -0.25) is 14.9 Å². The molecular weight excluding hydrogens is 358 g/mol. The number of esters is 1. The normalized spacial score (nSPS) is 11.9. The van der Waals surface area contributed by atoms with Crippen molar-refractivity contribution in [3.8, 4) is 0 Å². The van der Waals surface area contributed by atoms with Crippen LogP contribution in [0.25, 0.3) is 0 Å². The Kier molecular flexibility index (Phi) is 5.07. The van der Waals surface area contributed by atoms with E-state index in [1.807, 2.05) is 0 Å². The summed E-state index contributed by atoms with van der Waals surface area (Å²) in [6, 6.07) is 4.63. The number of alkyl halides is 1. The van der Waals surface area contributed by atoms with Crippen LogP contribution >= 0.6 is 31.9 Å². The second kappa shape index (κ2) is 6.11. The SMILES string of the molecule is COC(=O)C(Br)Cc1ccc([N+](=O)[O-])c(Br)c1. The summed E-state index contributed by atoms with van der Waals surface area (Å²) >= 11 is 6.31. The molecule has 92 valence electrons. The fourth-order valence-corrected chi connectivity index (χ4v) is 2.38. The van der Waals surface area contributed by atoms with Crippen LogP contribution in [0.3, 0.4) is 0 Å². The first-order chi connectivity index (χ1) is 7.95. The highest BCUT2D eigenvalue weighted by atomic mass is 79.9. The van der Waals surface area contributed by atoms with Gasteiger partial charge in [0.25, 0.3) is 5.69 Å². The molecule has 0 spiro atoms. The topological polar surface area (TPSA) is 69.4 Å². The first kappa shape index (κ1) is 14.1. The summed E-state index contributed by atoms with van der Waals surface area (Å²) in [6.07, 6.45) is 0.406. The molecule has 0 aliphatic heterocycles. The zero-order valence-corrected chi connectivity index (χ0v) is 12.0. The number of nitrogens with zero attached hydrogens (tertiary/aromatic N) is 1. The molecule has 0 heterocycles. The Morgan fingerprint density at radius 1 is 1.59 bits per heavy atom. The van der Waals surface area contributed by atoms with Gasteiger partial charge in [-0.05, 0) is 34.0 Å². The van der Waals surface area contributed by atoms with Crippen molar-refractivity contribution in [2.24, 2.45) is 0 Å². The number of ether oxygens (including phenoxy) is 1. The summed E-state index contributed by atoms with van der Waals surface area (Å²) < 4.78 is 4.96. The number of rotatable bonds is 4. The van der Waals surface area contributed by atoms with Crippen LogP contribution < -0.4 is 0 Å². The van der Waals surface area contributed by atoms with Gasteiger partial charge in [0.15, 0.2) is 0 Å². The Labute approximate surface area is 115 Å². The standard InChI is InChI=1S/C10H9Br2NO4/c1-17-10(14)8(12)5-6-2-3-9(13(15)16)7(11)4-6/h2-4,8H,5H2,1H3. The summed E-state index contributed by atoms with van der Waals surface area (Å²) in [5.41, 5.74) is 0.799. The van der Waals surface area contributed by atoms with Crippen LogP contribution in [0.1, 0.15) is 5.56 Å². The van der Waals surface area contributed by atoms with E-state index in [1.54, 1.807) is 12.1 Å². The Morgan fingerprint density at radius 2 is 2.24 bits per heavy atom. The maximum atomic E-state index is 11.2. The third-order valence-corrected chi connectivity index (χ3v) is 3.41. The Hall–Kier alpha value is -0.950. The van der Waals surface area contributed by atoms with Crippen molar-refractivity contribution in [1.82, 2.24) is 0 Å². The number of carbonyl (C=O) groups is 1. The predicted octanol–water partition coefficient (Wildman–Crippen LogP) is 2.84. The van der Waals surface area contributed by atoms with Gasteiger partial charge in [-0.25, -0.2) is 0 Å². The molecule has 0 radical (unpaired) electrons. The maximum absolute atomic E-state index is 11.2. The third kappa shape index (κ3) is 3.78. The lowest BCUT2D eigenvalue weighted by molar-refractivity contribution is -0.385. The van der Waals surface area contributed by atoms with Gasteiger partial charge >= 0.3 is 5.97 Å². The smallest absolute Gasteiger partial charge is 0.319 e. The molecular formula is C10H9Br2NO4. The van der Waals surface area contributed by atoms with Gasteiger partial charge in [0.2, 0.25) is 0 Å². The number of nitro benzene ring substituents is 1. The second-order valence-electron chi connectivity index (χ2n) is 3.24. The van der Waals surface area contributed by atoms with Gasteiger partial charge in [-0.1, -0.05) is 22.0 Å². The number of methoxy groups -OCH3 is 1. The van der Waals surface area contributed by atoms with Gasteiger partial charge in [0, 0.05) is 6.07 Å². The molecule has 1 atom stereocenters. The highest BCUT2D eigenvalue weighted by Gasteiger charge is 2.18. The first-order valence-corrected chi connectivity index (χ1v) is 6.31. The van der Waals surface area contributed by atoms with Crippen molar-refractivity contribution in [2.45, 2.75) is 11.2 Å². The molecule has 0 aromatic heterocycles. The summed E-state index contributed by atoms with van der Waals surface area (Å²) in [4.78, 5) is 20.9. The molecule has 17 heavy (non-hydrogen) atoms. The van der Waals surface area contributed by atoms with Gasteiger partial charge in [0.05, 0.1) is 16.5 Å². The maximum Gasteiger partial charge on any atom is 0.319 e. The Bertz CT molecular complexity index is 450. The van der Waals surface area contributed by atoms with Crippen LogP contribution in [-0.2, 0) is 16.0 Å². The summed E-state index contributed by atoms with van der Waals surface area (Å²) in [6.45, 7) is 0. The van der Waals surface area contributed by atoms with E-state index in [1.165, 1.54) is 13.2 Å². The molecule has 0 saturated carbocycles. The van der Waals surface area contributed by atoms with Crippen molar-refractivity contribution in [3.05, 3.63) is 38.3 Å². The van der Waals surface area contributed by atoms with Crippen LogP contribution in [0, 0.1) is 10.1 Å². The quantitative estimate of drug-likeness (QED) is 0.355. The lowest BCUT2D eigenvalue weighted by atomic mass is 10.1. The monoisotopic (exact) mass is 365 g/mol. The van der Waals surface area contributed by atoms with Crippen molar-refractivity contribution < 1.29 is 14.5 Å². The van der Waals surface area contributed by atoms with E-state index in [4.69, 9.17) is 0 Å². The van der Waals surface area contributed by atoms with Crippen LogP contribution in [-0.4, -0.2) is 22.8 Å². The van der Waals surface area contributed by atoms with Crippen molar-refractivity contribution >= 4 is 43.5 Å². The molecule has 1 rings (SSSR count). The molecule has 0 N–H and O–H groups in total. The summed E-state index contributed by atoms with van der Waals surface area (Å²) in [5.74, 6) is -0.375. The highest BCUT2D eigenvalue weighted by molar-refractivity contribution is 9.10. The molecule has 7 heteroatoms. The third-order valence-electron chi connectivity index (χ3n) is 2.08. The number of hydrogen-bond donors (Lipinski definition) is 0. The molecule has 0 aliphatic rings. The molecule has 0 bridgehead atoms. The first-order valence-electron chi connectivity index (χ1n) is 4.60. The second-order valence-corrected chi connectivity index (χ2v) is 5.20. The van der Waals surface area contributed by atoms with E-state index in [0.29, 0.717) is 10.9 Å². The minimum Gasteiger partial charge on any atom is -0.468 e. The van der Waals surface area contributed by atoms with E-state index in [0.717, 1.165) is 5.56 Å². The van der Waals surface area contributed by atoms with Gasteiger partial charge in [-0.15, -0.1) is 0 Å². The summed E-state index contributed by atoms with van der Waals surface area (Å²) in [7, 11) is 1.31. The number of nitro groups is 1. The van der Waals surface area contributed by atoms with Crippen LogP contribution in [0.15, 0.2) is 22.7 Å². The molecule has 1 aromatic rings. The van der Waals surface area contributed by atoms with E-state index in [-0.39, 0.29) is 11.7 Å². The fourth-order valence-electron chi connectivity index (χ4n) is 1.24. The van der Waals surface area contributed by atoms with Crippen LogP contribution in [0.2, 0.25) is 0 Å². The minimum atomic E-state index is -0.472. The number of hydrogen-bond acceptors (Lipinski definition) is 4. The molecule has 0 amide bonds.